The second kappa shape index (κ2) is 32.6. The molecular formula is C57H102N10O10. The Labute approximate surface area is 460 Å². The number of carbonyl (C=O) groups is 10. The minimum absolute atomic E-state index is 0.0694. The Morgan fingerprint density at radius 3 is 1.48 bits per heavy atom. The van der Waals surface area contributed by atoms with Crippen molar-refractivity contribution in [2.75, 3.05) is 13.1 Å². The van der Waals surface area contributed by atoms with Gasteiger partial charge in [0.1, 0.15) is 46.8 Å². The van der Waals surface area contributed by atoms with Crippen LogP contribution in [0, 0.1) is 17.8 Å². The molecule has 5 atom stereocenters. The van der Waals surface area contributed by atoms with Gasteiger partial charge >= 0.3 is 0 Å². The predicted molar refractivity (Wildman–Crippen MR) is 298 cm³/mol. The largest absolute Gasteiger partial charge is 0.354 e. The fraction of sp³-hybridized carbons (Fsp3) is 0.825. The van der Waals surface area contributed by atoms with Gasteiger partial charge < -0.3 is 52.8 Å². The standard InChI is InChI=1S/C57H102N10O10/c1-15-17-19-20-21-23-25-40(60-51(74)44-26-24-32-67(44)46(69)27-22-18-16-2)47(70)61-42(34-37(5)6)49(72)64-56(11,12)53(76)63-41(33-36(3)4)48(71)62-43(35-38(7)8)50(73)65-57(13,14)54(77)66-55(9,10)52(75)58-31-30-45(68)59-39-28-29-39/h36-44H,15-35H2,1-14H3,(H,58,75)(H,59,68)(H,60,74)(H,61,70)(H,62,71)(H,63,76)(H,64,72)(H,65,73)(H,66,77)/t40-,41-,42-,43-,44-/m0/s1. The average molecular weight is 1090 g/mol. The van der Waals surface area contributed by atoms with Crippen molar-refractivity contribution in [3.63, 3.8) is 0 Å². The normalized spacial score (nSPS) is 16.4. The summed E-state index contributed by atoms with van der Waals surface area (Å²) in [6, 6.07) is -4.86. The van der Waals surface area contributed by atoms with Gasteiger partial charge in [-0.25, -0.2) is 0 Å². The molecule has 440 valence electrons. The molecule has 0 aromatic carbocycles. The van der Waals surface area contributed by atoms with E-state index in [0.29, 0.717) is 38.6 Å². The maximum atomic E-state index is 14.3. The first-order valence-corrected chi connectivity index (χ1v) is 29.0. The lowest BCUT2D eigenvalue weighted by Gasteiger charge is -2.34. The molecule has 9 N–H and O–H groups in total. The summed E-state index contributed by atoms with van der Waals surface area (Å²) in [6.45, 7) is 24.9. The highest BCUT2D eigenvalue weighted by molar-refractivity contribution is 6.00. The van der Waals surface area contributed by atoms with Crippen LogP contribution in [0.15, 0.2) is 0 Å². The van der Waals surface area contributed by atoms with Crippen molar-refractivity contribution in [2.24, 2.45) is 17.8 Å². The Morgan fingerprint density at radius 1 is 0.494 bits per heavy atom. The molecule has 0 aromatic heterocycles. The minimum atomic E-state index is -1.62. The van der Waals surface area contributed by atoms with Gasteiger partial charge in [0, 0.05) is 32.0 Å². The number of likely N-dealkylation sites (tertiary alicyclic amines) is 1. The lowest BCUT2D eigenvalue weighted by Crippen LogP contribution is -2.65. The molecule has 20 nitrogen and oxygen atoms in total. The molecule has 1 saturated heterocycles. The van der Waals surface area contributed by atoms with Gasteiger partial charge in [-0.15, -0.1) is 0 Å². The number of unbranched alkanes of at least 4 members (excludes halogenated alkanes) is 7. The number of carbonyl (C=O) groups excluding carboxylic acids is 10. The molecular weight excluding hydrogens is 985 g/mol. The number of nitrogens with zero attached hydrogens (tertiary/aromatic N) is 1. The number of hydrogen-bond acceptors (Lipinski definition) is 10. The second-order valence-electron chi connectivity index (χ2n) is 24.5. The second-order valence-corrected chi connectivity index (χ2v) is 24.5. The van der Waals surface area contributed by atoms with Crippen molar-refractivity contribution in [3.8, 4) is 0 Å². The molecule has 0 bridgehead atoms. The average Bonchev–Trinajstić information content (AvgIpc) is 3.99. The Bertz CT molecular complexity index is 1980. The van der Waals surface area contributed by atoms with Gasteiger partial charge in [-0.1, -0.05) is 107 Å². The van der Waals surface area contributed by atoms with Crippen LogP contribution in [0.4, 0.5) is 0 Å². The van der Waals surface area contributed by atoms with Crippen LogP contribution in [0.2, 0.25) is 0 Å². The van der Waals surface area contributed by atoms with Crippen LogP contribution in [-0.2, 0) is 47.9 Å². The maximum Gasteiger partial charge on any atom is 0.246 e. The molecule has 2 rings (SSSR count). The molecule has 1 aliphatic carbocycles. The van der Waals surface area contributed by atoms with E-state index >= 15 is 0 Å². The van der Waals surface area contributed by atoms with Crippen LogP contribution in [0.1, 0.15) is 219 Å². The highest BCUT2D eigenvalue weighted by Crippen LogP contribution is 2.22. The van der Waals surface area contributed by atoms with E-state index in [0.717, 1.165) is 64.2 Å². The van der Waals surface area contributed by atoms with Crippen LogP contribution in [-0.4, -0.2) is 130 Å². The van der Waals surface area contributed by atoms with E-state index in [-0.39, 0.29) is 67.8 Å². The summed E-state index contributed by atoms with van der Waals surface area (Å²) in [5.41, 5.74) is -4.59. The summed E-state index contributed by atoms with van der Waals surface area (Å²) in [7, 11) is 0. The van der Waals surface area contributed by atoms with Crippen molar-refractivity contribution >= 4 is 59.1 Å². The van der Waals surface area contributed by atoms with Crippen molar-refractivity contribution < 1.29 is 47.9 Å². The third-order valence-corrected chi connectivity index (χ3v) is 13.9. The SMILES string of the molecule is CCCCCCCC[C@H](NC(=O)[C@@H]1CCCN1C(=O)CCCCC)C(=O)N[C@@H](CC(C)C)C(=O)NC(C)(C)C(=O)N[C@@H](CC(C)C)C(=O)N[C@@H](CC(C)C)C(=O)NC(C)(C)C(=O)NC(C)(C)C(=O)NCCC(=O)NC1CC1. The number of hydrogen-bond donors (Lipinski definition) is 9. The lowest BCUT2D eigenvalue weighted by atomic mass is 9.96. The monoisotopic (exact) mass is 1090 g/mol. The molecule has 2 fully saturated rings. The van der Waals surface area contributed by atoms with Gasteiger partial charge in [-0.3, -0.25) is 47.9 Å². The minimum Gasteiger partial charge on any atom is -0.354 e. The van der Waals surface area contributed by atoms with E-state index in [2.05, 4.69) is 61.7 Å². The van der Waals surface area contributed by atoms with Crippen molar-refractivity contribution in [3.05, 3.63) is 0 Å². The van der Waals surface area contributed by atoms with Gasteiger partial charge in [-0.2, -0.15) is 0 Å². The fourth-order valence-corrected chi connectivity index (χ4v) is 9.10. The molecule has 77 heavy (non-hydrogen) atoms. The zero-order valence-electron chi connectivity index (χ0n) is 49.6. The molecule has 0 radical (unpaired) electrons. The molecule has 1 heterocycles. The van der Waals surface area contributed by atoms with Crippen molar-refractivity contribution in [2.45, 2.75) is 272 Å². The van der Waals surface area contributed by atoms with E-state index in [1.807, 2.05) is 41.5 Å². The highest BCUT2D eigenvalue weighted by atomic mass is 16.2. The first-order chi connectivity index (χ1) is 35.9. The molecule has 0 unspecified atom stereocenters. The van der Waals surface area contributed by atoms with Crippen LogP contribution >= 0.6 is 0 Å². The summed E-state index contributed by atoms with van der Waals surface area (Å²) in [6.07, 6.45) is 12.8. The molecule has 0 aromatic rings. The summed E-state index contributed by atoms with van der Waals surface area (Å²) in [5.74, 6) is -5.32. The third kappa shape index (κ3) is 24.9. The third-order valence-electron chi connectivity index (χ3n) is 13.9. The Hall–Kier alpha value is -5.30. The molecule has 1 saturated carbocycles. The van der Waals surface area contributed by atoms with Gasteiger partial charge in [0.2, 0.25) is 59.1 Å². The summed E-state index contributed by atoms with van der Waals surface area (Å²) < 4.78 is 0. The summed E-state index contributed by atoms with van der Waals surface area (Å²) in [4.78, 5) is 138. The highest BCUT2D eigenvalue weighted by Gasteiger charge is 2.41. The van der Waals surface area contributed by atoms with Gasteiger partial charge in [-0.05, 0) is 117 Å². The van der Waals surface area contributed by atoms with E-state index in [1.165, 1.54) is 41.5 Å². The first kappa shape index (κ1) is 67.8. The van der Waals surface area contributed by atoms with E-state index in [9.17, 15) is 47.9 Å². The number of nitrogens with one attached hydrogen (secondary N) is 9. The maximum absolute atomic E-state index is 14.3. The fourth-order valence-electron chi connectivity index (χ4n) is 9.10. The van der Waals surface area contributed by atoms with E-state index in [4.69, 9.17) is 0 Å². The summed E-state index contributed by atoms with van der Waals surface area (Å²) >= 11 is 0. The smallest absolute Gasteiger partial charge is 0.246 e. The predicted octanol–water partition coefficient (Wildman–Crippen LogP) is 4.86. The first-order valence-electron chi connectivity index (χ1n) is 29.0. The van der Waals surface area contributed by atoms with E-state index in [1.54, 1.807) is 4.90 Å². The van der Waals surface area contributed by atoms with Crippen LogP contribution in [0.3, 0.4) is 0 Å². The van der Waals surface area contributed by atoms with Gasteiger partial charge in [0.15, 0.2) is 0 Å². The number of rotatable bonds is 36. The number of amides is 10. The molecule has 20 heteroatoms. The lowest BCUT2D eigenvalue weighted by molar-refractivity contribution is -0.140. The molecule has 10 amide bonds. The zero-order valence-corrected chi connectivity index (χ0v) is 49.6. The zero-order chi connectivity index (χ0) is 58.3. The molecule has 1 aliphatic heterocycles. The Kier molecular flexibility index (Phi) is 28.7. The molecule has 2 aliphatic rings. The van der Waals surface area contributed by atoms with Crippen molar-refractivity contribution in [1.29, 1.82) is 0 Å². The Morgan fingerprint density at radius 2 is 0.961 bits per heavy atom. The van der Waals surface area contributed by atoms with Crippen LogP contribution in [0.25, 0.3) is 0 Å². The molecule has 0 spiro atoms. The van der Waals surface area contributed by atoms with Gasteiger partial charge in [0.05, 0.1) is 0 Å². The van der Waals surface area contributed by atoms with Crippen molar-refractivity contribution in [1.82, 2.24) is 52.8 Å². The summed E-state index contributed by atoms with van der Waals surface area (Å²) in [5, 5.41) is 25.2. The van der Waals surface area contributed by atoms with Crippen LogP contribution in [0.5, 0.6) is 0 Å². The Balaban J connectivity index is 2.23. The van der Waals surface area contributed by atoms with Crippen LogP contribution < -0.4 is 47.9 Å². The topological polar surface area (TPSA) is 282 Å². The quantitative estimate of drug-likeness (QED) is 0.0385. The van der Waals surface area contributed by atoms with Gasteiger partial charge in [0.25, 0.3) is 0 Å². The van der Waals surface area contributed by atoms with E-state index < -0.39 is 94.1 Å².